The van der Waals surface area contributed by atoms with Crippen LogP contribution in [-0.2, 0) is 4.74 Å². The summed E-state index contributed by atoms with van der Waals surface area (Å²) in [6.07, 6.45) is 2.01. The Morgan fingerprint density at radius 2 is 2.06 bits per heavy atom. The summed E-state index contributed by atoms with van der Waals surface area (Å²) in [6, 6.07) is 7.80. The summed E-state index contributed by atoms with van der Waals surface area (Å²) in [5.74, 6) is 0.308. The van der Waals surface area contributed by atoms with E-state index in [2.05, 4.69) is 5.32 Å². The van der Waals surface area contributed by atoms with Gasteiger partial charge < -0.3 is 20.9 Å². The fourth-order valence-corrected chi connectivity index (χ4v) is 2.22. The maximum atomic E-state index is 9.82. The molecule has 2 rings (SSSR count). The number of hydrogen-bond acceptors (Lipinski definition) is 4. The molecule has 0 saturated carbocycles. The van der Waals surface area contributed by atoms with E-state index in [1.54, 1.807) is 6.07 Å². The van der Waals surface area contributed by atoms with Gasteiger partial charge in [0.05, 0.1) is 0 Å². The van der Waals surface area contributed by atoms with Gasteiger partial charge in [-0.2, -0.15) is 0 Å². The van der Waals surface area contributed by atoms with Crippen molar-refractivity contribution in [3.8, 4) is 5.75 Å². The smallest absolute Gasteiger partial charge is 0.120 e. The second kappa shape index (κ2) is 6.00. The van der Waals surface area contributed by atoms with Gasteiger partial charge in [-0.3, -0.25) is 0 Å². The second-order valence-electron chi connectivity index (χ2n) is 4.40. The molecule has 1 aliphatic heterocycles. The number of ether oxygens (including phenoxy) is 1. The molecule has 1 fully saturated rings. The number of benzene rings is 1. The highest BCUT2D eigenvalue weighted by atomic mass is 16.5. The molecule has 1 saturated heterocycles. The first kappa shape index (κ1) is 12.4. The van der Waals surface area contributed by atoms with E-state index in [1.165, 1.54) is 0 Å². The average Bonchev–Trinajstić information content (AvgIpc) is 2.38. The van der Waals surface area contributed by atoms with Gasteiger partial charge in [-0.25, -0.2) is 0 Å². The van der Waals surface area contributed by atoms with Gasteiger partial charge in [-0.05, 0) is 18.9 Å². The zero-order chi connectivity index (χ0) is 12.1. The molecule has 4 nitrogen and oxygen atoms in total. The van der Waals surface area contributed by atoms with Crippen LogP contribution in [0.2, 0.25) is 0 Å². The Hall–Kier alpha value is -1.10. The van der Waals surface area contributed by atoms with Crippen LogP contribution in [0.1, 0.15) is 24.4 Å². The molecule has 17 heavy (non-hydrogen) atoms. The molecule has 1 heterocycles. The highest BCUT2D eigenvalue weighted by Crippen LogP contribution is 2.24. The minimum atomic E-state index is 0.0132. The molecule has 1 aromatic rings. The molecule has 4 heteroatoms. The minimum absolute atomic E-state index is 0.0132. The Morgan fingerprint density at radius 3 is 2.71 bits per heavy atom. The van der Waals surface area contributed by atoms with Crippen LogP contribution < -0.4 is 11.1 Å². The van der Waals surface area contributed by atoms with E-state index in [0.29, 0.717) is 18.3 Å². The van der Waals surface area contributed by atoms with Crippen LogP contribution in [0.25, 0.3) is 0 Å². The third kappa shape index (κ3) is 3.19. The molecule has 1 aliphatic rings. The van der Waals surface area contributed by atoms with Crippen LogP contribution >= 0.6 is 0 Å². The molecule has 0 aromatic heterocycles. The van der Waals surface area contributed by atoms with Gasteiger partial charge >= 0.3 is 0 Å². The van der Waals surface area contributed by atoms with E-state index in [1.807, 2.05) is 18.2 Å². The first-order chi connectivity index (χ1) is 8.31. The second-order valence-corrected chi connectivity index (χ2v) is 4.40. The minimum Gasteiger partial charge on any atom is -0.508 e. The number of rotatable bonds is 4. The fraction of sp³-hybridized carbons (Fsp3) is 0.538. The van der Waals surface area contributed by atoms with E-state index in [4.69, 9.17) is 10.5 Å². The topological polar surface area (TPSA) is 67.5 Å². The number of aromatic hydroxyl groups is 1. The zero-order valence-corrected chi connectivity index (χ0v) is 9.93. The van der Waals surface area contributed by atoms with Gasteiger partial charge in [-0.15, -0.1) is 0 Å². The van der Waals surface area contributed by atoms with Crippen LogP contribution in [0.15, 0.2) is 24.3 Å². The number of hydrogen-bond donors (Lipinski definition) is 3. The number of para-hydroxylation sites is 1. The van der Waals surface area contributed by atoms with E-state index in [-0.39, 0.29) is 6.04 Å². The molecule has 0 radical (unpaired) electrons. The summed E-state index contributed by atoms with van der Waals surface area (Å²) in [6.45, 7) is 2.08. The van der Waals surface area contributed by atoms with E-state index in [9.17, 15) is 5.11 Å². The van der Waals surface area contributed by atoms with Gasteiger partial charge in [0.25, 0.3) is 0 Å². The van der Waals surface area contributed by atoms with Crippen molar-refractivity contribution in [2.45, 2.75) is 24.9 Å². The predicted molar refractivity (Wildman–Crippen MR) is 66.9 cm³/mol. The third-order valence-electron chi connectivity index (χ3n) is 3.21. The lowest BCUT2D eigenvalue weighted by Crippen LogP contribution is -2.40. The third-order valence-corrected chi connectivity index (χ3v) is 3.21. The normalized spacial score (nSPS) is 19.1. The molecule has 0 aliphatic carbocycles. The highest BCUT2D eigenvalue weighted by molar-refractivity contribution is 5.34. The van der Waals surface area contributed by atoms with Crippen LogP contribution in [0.5, 0.6) is 5.75 Å². The molecule has 1 atom stereocenters. The maximum absolute atomic E-state index is 9.82. The quantitative estimate of drug-likeness (QED) is 0.734. The number of phenolic OH excluding ortho intramolecular Hbond substituents is 1. The van der Waals surface area contributed by atoms with Gasteiger partial charge in [0.1, 0.15) is 5.75 Å². The standard InChI is InChI=1S/C13H20N2O2/c14-9-12(11-3-1-2-4-13(11)16)15-10-5-7-17-8-6-10/h1-4,10,12,15-16H,5-9,14H2. The first-order valence-electron chi connectivity index (χ1n) is 6.13. The summed E-state index contributed by atoms with van der Waals surface area (Å²) in [5.41, 5.74) is 6.66. The SMILES string of the molecule is NCC(NC1CCOCC1)c1ccccc1O. The van der Waals surface area contributed by atoms with Crippen LogP contribution in [0.3, 0.4) is 0 Å². The Labute approximate surface area is 102 Å². The summed E-state index contributed by atoms with van der Waals surface area (Å²) in [4.78, 5) is 0. The Morgan fingerprint density at radius 1 is 1.35 bits per heavy atom. The van der Waals surface area contributed by atoms with Crippen LogP contribution in [0.4, 0.5) is 0 Å². The highest BCUT2D eigenvalue weighted by Gasteiger charge is 2.20. The maximum Gasteiger partial charge on any atom is 0.120 e. The number of nitrogens with one attached hydrogen (secondary N) is 1. The fourth-order valence-electron chi connectivity index (χ4n) is 2.22. The number of nitrogens with two attached hydrogens (primary N) is 1. The lowest BCUT2D eigenvalue weighted by Gasteiger charge is -2.28. The molecular formula is C13H20N2O2. The van der Waals surface area contributed by atoms with Crippen LogP contribution in [-0.4, -0.2) is 30.9 Å². The predicted octanol–water partition coefficient (Wildman–Crippen LogP) is 1.16. The average molecular weight is 236 g/mol. The van der Waals surface area contributed by atoms with Gasteiger partial charge in [0, 0.05) is 37.4 Å². The molecule has 0 bridgehead atoms. The zero-order valence-electron chi connectivity index (χ0n) is 9.93. The van der Waals surface area contributed by atoms with Crippen molar-refractivity contribution in [2.24, 2.45) is 5.73 Å². The molecule has 1 aromatic carbocycles. The molecule has 0 spiro atoms. The van der Waals surface area contributed by atoms with E-state index < -0.39 is 0 Å². The van der Waals surface area contributed by atoms with Crippen molar-refractivity contribution in [2.75, 3.05) is 19.8 Å². The number of phenols is 1. The summed E-state index contributed by atoms with van der Waals surface area (Å²) >= 11 is 0. The monoisotopic (exact) mass is 236 g/mol. The molecule has 0 amide bonds. The van der Waals surface area contributed by atoms with Crippen molar-refractivity contribution in [1.82, 2.24) is 5.32 Å². The summed E-state index contributed by atoms with van der Waals surface area (Å²) in [7, 11) is 0. The molecule has 94 valence electrons. The largest absolute Gasteiger partial charge is 0.508 e. The van der Waals surface area contributed by atoms with E-state index >= 15 is 0 Å². The Bertz CT molecular complexity index is 351. The Kier molecular flexibility index (Phi) is 4.36. The van der Waals surface area contributed by atoms with Crippen molar-refractivity contribution in [1.29, 1.82) is 0 Å². The summed E-state index contributed by atoms with van der Waals surface area (Å²) < 4.78 is 5.32. The van der Waals surface area contributed by atoms with Gasteiger partial charge in [0.2, 0.25) is 0 Å². The Balaban J connectivity index is 2.03. The van der Waals surface area contributed by atoms with Crippen molar-refractivity contribution in [3.05, 3.63) is 29.8 Å². The molecule has 4 N–H and O–H groups in total. The van der Waals surface area contributed by atoms with Crippen LogP contribution in [0, 0.1) is 0 Å². The van der Waals surface area contributed by atoms with Crippen molar-refractivity contribution >= 4 is 0 Å². The summed E-state index contributed by atoms with van der Waals surface area (Å²) in [5, 5.41) is 13.3. The van der Waals surface area contributed by atoms with Crippen molar-refractivity contribution < 1.29 is 9.84 Å². The molecule has 1 unspecified atom stereocenters. The van der Waals surface area contributed by atoms with E-state index in [0.717, 1.165) is 31.6 Å². The lowest BCUT2D eigenvalue weighted by molar-refractivity contribution is 0.0750. The first-order valence-corrected chi connectivity index (χ1v) is 6.13. The lowest BCUT2D eigenvalue weighted by atomic mass is 10.0. The van der Waals surface area contributed by atoms with Gasteiger partial charge in [0.15, 0.2) is 0 Å². The van der Waals surface area contributed by atoms with Gasteiger partial charge in [-0.1, -0.05) is 18.2 Å². The van der Waals surface area contributed by atoms with Crippen molar-refractivity contribution in [3.63, 3.8) is 0 Å². The molecular weight excluding hydrogens is 216 g/mol.